The summed E-state index contributed by atoms with van der Waals surface area (Å²) in [6, 6.07) is 0. The summed E-state index contributed by atoms with van der Waals surface area (Å²) in [6.45, 7) is 3.91. The van der Waals surface area contributed by atoms with Gasteiger partial charge in [-0.2, -0.15) is 0 Å². The average molecular weight is 155 g/mol. The van der Waals surface area contributed by atoms with Crippen LogP contribution in [0.1, 0.15) is 25.7 Å². The first-order valence-corrected chi connectivity index (χ1v) is 3.65. The highest BCUT2D eigenvalue weighted by Crippen LogP contribution is 2.04. The summed E-state index contributed by atoms with van der Waals surface area (Å²) in [5.74, 6) is 0.230. The Balaban J connectivity index is 3.02. The maximum Gasteiger partial charge on any atom is 0.0851 e. The van der Waals surface area contributed by atoms with Crippen LogP contribution < -0.4 is 0 Å². The van der Waals surface area contributed by atoms with Gasteiger partial charge in [0.1, 0.15) is 0 Å². The Morgan fingerprint density at radius 2 is 2.18 bits per heavy atom. The van der Waals surface area contributed by atoms with Crippen molar-refractivity contribution < 1.29 is 5.11 Å². The minimum Gasteiger partial charge on any atom is -0.513 e. The van der Waals surface area contributed by atoms with Crippen LogP contribution in [-0.2, 0) is 0 Å². The zero-order valence-corrected chi connectivity index (χ0v) is 6.53. The molecule has 0 aliphatic heterocycles. The van der Waals surface area contributed by atoms with Crippen LogP contribution in [-0.4, -0.2) is 11.7 Å². The summed E-state index contributed by atoms with van der Waals surface area (Å²) < 4.78 is 0. The molecule has 4 heteroatoms. The molecule has 0 fully saturated rings. The van der Waals surface area contributed by atoms with Gasteiger partial charge in [0.2, 0.25) is 0 Å². The number of aliphatic hydroxyl groups is 1. The Morgan fingerprint density at radius 1 is 1.45 bits per heavy atom. The van der Waals surface area contributed by atoms with E-state index in [1.807, 2.05) is 0 Å². The van der Waals surface area contributed by atoms with Gasteiger partial charge in [0.05, 0.1) is 5.76 Å². The smallest absolute Gasteiger partial charge is 0.0851 e. The summed E-state index contributed by atoms with van der Waals surface area (Å²) in [6.07, 6.45) is 3.42. The first-order chi connectivity index (χ1) is 5.27. The van der Waals surface area contributed by atoms with E-state index in [2.05, 4.69) is 16.6 Å². The molecule has 0 amide bonds. The fourth-order valence-electron chi connectivity index (χ4n) is 0.733. The second kappa shape index (κ2) is 6.96. The van der Waals surface area contributed by atoms with Crippen LogP contribution in [0.2, 0.25) is 0 Å². The molecule has 4 nitrogen and oxygen atoms in total. The Morgan fingerprint density at radius 3 is 2.73 bits per heavy atom. The van der Waals surface area contributed by atoms with Crippen LogP contribution in [0.5, 0.6) is 0 Å². The number of allylic oxidation sites excluding steroid dienone is 1. The van der Waals surface area contributed by atoms with Crippen molar-refractivity contribution in [2.45, 2.75) is 25.7 Å². The minimum absolute atomic E-state index is 0.230. The highest BCUT2D eigenvalue weighted by Gasteiger charge is 1.89. The third-order valence-corrected chi connectivity index (χ3v) is 1.29. The number of aliphatic hydroxyl groups excluding tert-OH is 1. The molecule has 0 heterocycles. The van der Waals surface area contributed by atoms with Crippen molar-refractivity contribution in [1.82, 2.24) is 0 Å². The number of unbranched alkanes of at least 4 members (excludes halogenated alkanes) is 2. The summed E-state index contributed by atoms with van der Waals surface area (Å²) in [4.78, 5) is 2.63. The molecule has 0 bridgehead atoms. The topological polar surface area (TPSA) is 69.0 Å². The van der Waals surface area contributed by atoms with Crippen molar-refractivity contribution in [3.63, 3.8) is 0 Å². The zero-order chi connectivity index (χ0) is 8.53. The lowest BCUT2D eigenvalue weighted by Crippen LogP contribution is -1.83. The van der Waals surface area contributed by atoms with Gasteiger partial charge in [-0.1, -0.05) is 18.1 Å². The van der Waals surface area contributed by atoms with Crippen LogP contribution in [0, 0.1) is 0 Å². The quantitative estimate of drug-likeness (QED) is 0.207. The Kier molecular flexibility index (Phi) is 6.24. The molecule has 0 aromatic carbocycles. The molecule has 0 aliphatic rings. The average Bonchev–Trinajstić information content (AvgIpc) is 1.96. The lowest BCUT2D eigenvalue weighted by Gasteiger charge is -1.96. The zero-order valence-electron chi connectivity index (χ0n) is 6.53. The predicted octanol–water partition coefficient (Wildman–Crippen LogP) is 2.93. The maximum atomic E-state index is 8.68. The van der Waals surface area contributed by atoms with Crippen molar-refractivity contribution >= 4 is 0 Å². The molecule has 0 radical (unpaired) electrons. The highest BCUT2D eigenvalue weighted by molar-refractivity contribution is 4.77. The fraction of sp³-hybridized carbons (Fsp3) is 0.714. The van der Waals surface area contributed by atoms with E-state index >= 15 is 0 Å². The summed E-state index contributed by atoms with van der Waals surface area (Å²) in [5.41, 5.74) is 7.92. The molecule has 11 heavy (non-hydrogen) atoms. The maximum absolute atomic E-state index is 8.68. The van der Waals surface area contributed by atoms with Crippen molar-refractivity contribution in [2.75, 3.05) is 6.54 Å². The van der Waals surface area contributed by atoms with Crippen LogP contribution in [0.25, 0.3) is 10.4 Å². The molecule has 0 aromatic heterocycles. The van der Waals surface area contributed by atoms with Crippen molar-refractivity contribution in [3.8, 4) is 0 Å². The monoisotopic (exact) mass is 155 g/mol. The summed E-state index contributed by atoms with van der Waals surface area (Å²) >= 11 is 0. The van der Waals surface area contributed by atoms with Crippen LogP contribution in [0.15, 0.2) is 17.5 Å². The Bertz CT molecular complexity index is 157. The Hall–Kier alpha value is -1.15. The second-order valence-corrected chi connectivity index (χ2v) is 2.33. The summed E-state index contributed by atoms with van der Waals surface area (Å²) in [7, 11) is 0. The van der Waals surface area contributed by atoms with Crippen LogP contribution in [0.3, 0.4) is 0 Å². The second-order valence-electron chi connectivity index (χ2n) is 2.33. The van der Waals surface area contributed by atoms with E-state index in [1.54, 1.807) is 0 Å². The first kappa shape index (κ1) is 9.85. The first-order valence-electron chi connectivity index (χ1n) is 3.65. The van der Waals surface area contributed by atoms with Crippen LogP contribution in [0.4, 0.5) is 0 Å². The molecule has 0 aliphatic carbocycles. The molecular weight excluding hydrogens is 142 g/mol. The number of hydrogen-bond acceptors (Lipinski definition) is 2. The van der Waals surface area contributed by atoms with Gasteiger partial charge >= 0.3 is 0 Å². The highest BCUT2D eigenvalue weighted by atomic mass is 16.3. The van der Waals surface area contributed by atoms with Gasteiger partial charge in [0.15, 0.2) is 0 Å². The molecule has 0 rings (SSSR count). The van der Waals surface area contributed by atoms with E-state index in [1.165, 1.54) is 0 Å². The largest absolute Gasteiger partial charge is 0.513 e. The van der Waals surface area contributed by atoms with Gasteiger partial charge in [-0.3, -0.25) is 0 Å². The van der Waals surface area contributed by atoms with Crippen molar-refractivity contribution in [1.29, 1.82) is 0 Å². The van der Waals surface area contributed by atoms with E-state index in [0.717, 1.165) is 19.3 Å². The fourth-order valence-corrected chi connectivity index (χ4v) is 0.733. The number of hydrogen-bond donors (Lipinski definition) is 1. The minimum atomic E-state index is 0.230. The molecule has 0 aromatic rings. The van der Waals surface area contributed by atoms with Gasteiger partial charge in [0.25, 0.3) is 0 Å². The molecule has 0 unspecified atom stereocenters. The van der Waals surface area contributed by atoms with E-state index in [4.69, 9.17) is 10.6 Å². The normalized spacial score (nSPS) is 8.73. The molecular formula is C7H13N3O. The Labute approximate surface area is 66.2 Å². The van der Waals surface area contributed by atoms with Crippen molar-refractivity contribution in [3.05, 3.63) is 22.8 Å². The molecule has 0 spiro atoms. The third-order valence-electron chi connectivity index (χ3n) is 1.29. The van der Waals surface area contributed by atoms with Crippen molar-refractivity contribution in [2.24, 2.45) is 5.11 Å². The molecule has 0 saturated heterocycles. The number of azide groups is 1. The third kappa shape index (κ3) is 8.85. The lowest BCUT2D eigenvalue weighted by atomic mass is 10.2. The number of nitrogens with zero attached hydrogens (tertiary/aromatic N) is 3. The van der Waals surface area contributed by atoms with E-state index in [9.17, 15) is 0 Å². The molecule has 0 saturated carbocycles. The van der Waals surface area contributed by atoms with E-state index < -0.39 is 0 Å². The van der Waals surface area contributed by atoms with Crippen LogP contribution >= 0.6 is 0 Å². The standard InChI is InChI=1S/C7H13N3O/c1-7(11)5-3-2-4-6-9-10-8/h11H,1-6H2. The SMILES string of the molecule is C=C(O)CCCCCN=[N+]=[N-]. The molecule has 62 valence electrons. The van der Waals surface area contributed by atoms with Gasteiger partial charge in [-0.15, -0.1) is 0 Å². The van der Waals surface area contributed by atoms with Gasteiger partial charge in [-0.05, 0) is 18.4 Å². The molecule has 0 atom stereocenters. The van der Waals surface area contributed by atoms with E-state index in [-0.39, 0.29) is 5.76 Å². The van der Waals surface area contributed by atoms with E-state index in [0.29, 0.717) is 13.0 Å². The van der Waals surface area contributed by atoms with Gasteiger partial charge in [0, 0.05) is 17.9 Å². The predicted molar refractivity (Wildman–Crippen MR) is 44.2 cm³/mol. The van der Waals surface area contributed by atoms with Gasteiger partial charge < -0.3 is 5.11 Å². The molecule has 1 N–H and O–H groups in total. The summed E-state index contributed by atoms with van der Waals surface area (Å²) in [5, 5.41) is 12.1. The lowest BCUT2D eigenvalue weighted by molar-refractivity contribution is 0.384. The number of rotatable bonds is 6. The van der Waals surface area contributed by atoms with Gasteiger partial charge in [-0.25, -0.2) is 0 Å².